The predicted molar refractivity (Wildman–Crippen MR) is 94.7 cm³/mol. The van der Waals surface area contributed by atoms with Gasteiger partial charge in [-0.1, -0.05) is 57.8 Å². The lowest BCUT2D eigenvalue weighted by molar-refractivity contribution is -0.117. The van der Waals surface area contributed by atoms with Crippen molar-refractivity contribution in [3.8, 4) is 6.07 Å². The quantitative estimate of drug-likeness (QED) is 0.603. The van der Waals surface area contributed by atoms with Crippen molar-refractivity contribution in [3.63, 3.8) is 0 Å². The van der Waals surface area contributed by atoms with Crippen LogP contribution in [0.25, 0.3) is 0 Å². The average molecular weight is 319 g/mol. The summed E-state index contributed by atoms with van der Waals surface area (Å²) in [4.78, 5) is 12.3. The minimum atomic E-state index is -0.238. The van der Waals surface area contributed by atoms with Gasteiger partial charge in [-0.05, 0) is 26.7 Å². The molecule has 0 saturated heterocycles. The zero-order valence-corrected chi connectivity index (χ0v) is 14.9. The minimum absolute atomic E-state index is 0.171. The number of hydrogen-bond acceptors (Lipinski definition) is 3. The summed E-state index contributed by atoms with van der Waals surface area (Å²) in [5, 5.41) is 15.3. The second-order valence-electron chi connectivity index (χ2n) is 6.92. The van der Waals surface area contributed by atoms with Gasteiger partial charge < -0.3 is 10.6 Å². The SMILES string of the molecule is CC(C)N/C=C(/C#N)C(=O)NC1CCCCCCCCCCC1. The van der Waals surface area contributed by atoms with Crippen molar-refractivity contribution in [1.29, 1.82) is 5.26 Å². The molecular weight excluding hydrogens is 286 g/mol. The summed E-state index contributed by atoms with van der Waals surface area (Å²) in [6.07, 6.45) is 15.1. The number of nitriles is 1. The third kappa shape index (κ3) is 9.28. The van der Waals surface area contributed by atoms with E-state index in [-0.39, 0.29) is 23.6 Å². The van der Waals surface area contributed by atoms with E-state index in [2.05, 4.69) is 10.6 Å². The molecule has 0 aromatic heterocycles. The summed E-state index contributed by atoms with van der Waals surface area (Å²) in [5.74, 6) is -0.238. The van der Waals surface area contributed by atoms with E-state index in [0.717, 1.165) is 12.8 Å². The molecule has 0 unspecified atom stereocenters. The number of rotatable bonds is 4. The van der Waals surface area contributed by atoms with E-state index in [1.165, 1.54) is 64.0 Å². The number of carbonyl (C=O) groups is 1. The van der Waals surface area contributed by atoms with Crippen molar-refractivity contribution in [3.05, 3.63) is 11.8 Å². The van der Waals surface area contributed by atoms with Crippen LogP contribution in [0.3, 0.4) is 0 Å². The lowest BCUT2D eigenvalue weighted by Gasteiger charge is -2.19. The van der Waals surface area contributed by atoms with Crippen LogP contribution in [0.5, 0.6) is 0 Å². The molecule has 0 heterocycles. The van der Waals surface area contributed by atoms with Crippen molar-refractivity contribution >= 4 is 5.91 Å². The van der Waals surface area contributed by atoms with Crippen molar-refractivity contribution in [2.75, 3.05) is 0 Å². The summed E-state index contributed by atoms with van der Waals surface area (Å²) < 4.78 is 0. The molecule has 0 radical (unpaired) electrons. The Morgan fingerprint density at radius 1 is 1.00 bits per heavy atom. The first-order chi connectivity index (χ1) is 11.1. The predicted octanol–water partition coefficient (Wildman–Crippen LogP) is 4.18. The third-order valence-electron chi connectivity index (χ3n) is 4.37. The second kappa shape index (κ2) is 12.0. The lowest BCUT2D eigenvalue weighted by atomic mass is 9.98. The molecule has 0 bridgehead atoms. The highest BCUT2D eigenvalue weighted by atomic mass is 16.1. The summed E-state index contributed by atoms with van der Waals surface area (Å²) >= 11 is 0. The first-order valence-electron chi connectivity index (χ1n) is 9.30. The van der Waals surface area contributed by atoms with Gasteiger partial charge in [-0.2, -0.15) is 5.26 Å². The molecule has 1 fully saturated rings. The number of hydrogen-bond donors (Lipinski definition) is 2. The van der Waals surface area contributed by atoms with Gasteiger partial charge >= 0.3 is 0 Å². The van der Waals surface area contributed by atoms with Crippen LogP contribution in [0.2, 0.25) is 0 Å². The van der Waals surface area contributed by atoms with Crippen LogP contribution < -0.4 is 10.6 Å². The van der Waals surface area contributed by atoms with Gasteiger partial charge in [-0.25, -0.2) is 0 Å². The Hall–Kier alpha value is -1.50. The summed E-state index contributed by atoms with van der Waals surface area (Å²) in [7, 11) is 0. The average Bonchev–Trinajstić information content (AvgIpc) is 2.50. The lowest BCUT2D eigenvalue weighted by Crippen LogP contribution is -2.36. The minimum Gasteiger partial charge on any atom is -0.387 e. The van der Waals surface area contributed by atoms with Gasteiger partial charge in [-0.3, -0.25) is 4.79 Å². The van der Waals surface area contributed by atoms with Gasteiger partial charge in [0.15, 0.2) is 0 Å². The normalized spacial score (nSPS) is 19.3. The van der Waals surface area contributed by atoms with Crippen molar-refractivity contribution in [2.45, 2.75) is 96.6 Å². The van der Waals surface area contributed by atoms with Gasteiger partial charge in [-0.15, -0.1) is 0 Å². The molecule has 130 valence electrons. The van der Waals surface area contributed by atoms with E-state index in [1.54, 1.807) is 0 Å². The van der Waals surface area contributed by atoms with E-state index < -0.39 is 0 Å². The van der Waals surface area contributed by atoms with Crippen molar-refractivity contribution in [1.82, 2.24) is 10.6 Å². The Labute approximate surface area is 141 Å². The highest BCUT2D eigenvalue weighted by molar-refractivity contribution is 5.97. The number of amides is 1. The fraction of sp³-hybridized carbons (Fsp3) is 0.789. The maximum absolute atomic E-state index is 12.3. The maximum Gasteiger partial charge on any atom is 0.263 e. The number of nitrogens with zero attached hydrogens (tertiary/aromatic N) is 1. The molecule has 1 aliphatic rings. The Morgan fingerprint density at radius 3 is 1.91 bits per heavy atom. The van der Waals surface area contributed by atoms with Gasteiger partial charge in [0.25, 0.3) is 5.91 Å². The molecule has 0 aliphatic heterocycles. The summed E-state index contributed by atoms with van der Waals surface area (Å²) in [6.45, 7) is 3.96. The molecule has 23 heavy (non-hydrogen) atoms. The molecule has 4 nitrogen and oxygen atoms in total. The molecule has 1 amide bonds. The maximum atomic E-state index is 12.3. The summed E-state index contributed by atoms with van der Waals surface area (Å²) in [6, 6.07) is 2.42. The van der Waals surface area contributed by atoms with Crippen LogP contribution in [0.15, 0.2) is 11.8 Å². The van der Waals surface area contributed by atoms with Crippen LogP contribution >= 0.6 is 0 Å². The number of nitrogens with one attached hydrogen (secondary N) is 2. The Bertz CT molecular complexity index is 397. The zero-order valence-electron chi connectivity index (χ0n) is 14.9. The van der Waals surface area contributed by atoms with Crippen molar-refractivity contribution < 1.29 is 4.79 Å². The largest absolute Gasteiger partial charge is 0.387 e. The Balaban J connectivity index is 2.53. The van der Waals surface area contributed by atoms with E-state index in [1.807, 2.05) is 19.9 Å². The first kappa shape index (κ1) is 19.5. The van der Waals surface area contributed by atoms with Crippen LogP contribution in [-0.4, -0.2) is 18.0 Å². The first-order valence-corrected chi connectivity index (χ1v) is 9.30. The third-order valence-corrected chi connectivity index (χ3v) is 4.37. The van der Waals surface area contributed by atoms with E-state index in [0.29, 0.717) is 0 Å². The Kier molecular flexibility index (Phi) is 10.2. The van der Waals surface area contributed by atoms with E-state index in [4.69, 9.17) is 0 Å². The van der Waals surface area contributed by atoms with Crippen LogP contribution in [-0.2, 0) is 4.79 Å². The molecule has 0 aromatic rings. The van der Waals surface area contributed by atoms with Crippen LogP contribution in [0, 0.1) is 11.3 Å². The van der Waals surface area contributed by atoms with Crippen molar-refractivity contribution in [2.24, 2.45) is 0 Å². The molecule has 1 saturated carbocycles. The van der Waals surface area contributed by atoms with Gasteiger partial charge in [0, 0.05) is 18.3 Å². The molecule has 4 heteroatoms. The van der Waals surface area contributed by atoms with Gasteiger partial charge in [0.1, 0.15) is 11.6 Å². The molecule has 0 spiro atoms. The molecular formula is C19H33N3O. The monoisotopic (exact) mass is 319 g/mol. The highest BCUT2D eigenvalue weighted by Gasteiger charge is 2.16. The summed E-state index contributed by atoms with van der Waals surface area (Å²) in [5.41, 5.74) is 0.171. The molecule has 0 aromatic carbocycles. The highest BCUT2D eigenvalue weighted by Crippen LogP contribution is 2.17. The fourth-order valence-electron chi connectivity index (χ4n) is 2.97. The van der Waals surface area contributed by atoms with Gasteiger partial charge in [0.05, 0.1) is 0 Å². The van der Waals surface area contributed by atoms with Crippen LogP contribution in [0.1, 0.15) is 84.5 Å². The Morgan fingerprint density at radius 2 is 1.48 bits per heavy atom. The topological polar surface area (TPSA) is 64.9 Å². The molecule has 1 rings (SSSR count). The second-order valence-corrected chi connectivity index (χ2v) is 6.92. The zero-order chi connectivity index (χ0) is 16.9. The smallest absolute Gasteiger partial charge is 0.263 e. The standard InChI is InChI=1S/C19H33N3O/c1-16(2)21-15-17(14-20)19(23)22-18-12-10-8-6-4-3-5-7-9-11-13-18/h15-16,18,21H,3-13H2,1-2H3,(H,22,23)/b17-15-. The van der Waals surface area contributed by atoms with E-state index in [9.17, 15) is 10.1 Å². The molecule has 0 atom stereocenters. The fourth-order valence-corrected chi connectivity index (χ4v) is 2.97. The molecule has 1 aliphatic carbocycles. The number of carbonyl (C=O) groups excluding carboxylic acids is 1. The molecule has 2 N–H and O–H groups in total. The van der Waals surface area contributed by atoms with Gasteiger partial charge in [0.2, 0.25) is 0 Å². The van der Waals surface area contributed by atoms with Crippen LogP contribution in [0.4, 0.5) is 0 Å². The van der Waals surface area contributed by atoms with E-state index >= 15 is 0 Å².